The van der Waals surface area contributed by atoms with E-state index in [0.29, 0.717) is 25.6 Å². The van der Waals surface area contributed by atoms with Crippen LogP contribution in [0.25, 0.3) is 0 Å². The molecule has 2 atom stereocenters. The number of nitrogens with zero attached hydrogens (tertiary/aromatic N) is 1. The van der Waals surface area contributed by atoms with Crippen molar-refractivity contribution in [2.75, 3.05) is 25.4 Å². The van der Waals surface area contributed by atoms with E-state index in [4.69, 9.17) is 5.73 Å². The maximum Gasteiger partial charge on any atom is 0.226 e. The van der Waals surface area contributed by atoms with Crippen LogP contribution in [0.3, 0.4) is 0 Å². The van der Waals surface area contributed by atoms with Gasteiger partial charge in [0, 0.05) is 23.5 Å². The number of halogens is 1. The number of benzene rings is 1. The molecule has 0 saturated carbocycles. The molecular weight excluding hydrogens is 368 g/mol. The van der Waals surface area contributed by atoms with Crippen molar-refractivity contribution >= 4 is 31.7 Å². The van der Waals surface area contributed by atoms with Crippen LogP contribution in [0.2, 0.25) is 0 Å². The molecule has 1 aromatic carbocycles. The van der Waals surface area contributed by atoms with E-state index in [1.807, 2.05) is 0 Å². The molecule has 0 unspecified atom stereocenters. The van der Waals surface area contributed by atoms with E-state index in [0.717, 1.165) is 10.9 Å². The molecule has 0 spiro atoms. The van der Waals surface area contributed by atoms with Crippen LogP contribution in [0, 0.1) is 11.8 Å². The molecule has 1 heterocycles. The highest BCUT2D eigenvalue weighted by molar-refractivity contribution is 9.10. The van der Waals surface area contributed by atoms with Crippen LogP contribution in [0.1, 0.15) is 13.3 Å². The maximum atomic E-state index is 12.4. The summed E-state index contributed by atoms with van der Waals surface area (Å²) in [5, 5.41) is 0. The minimum atomic E-state index is -3.46. The summed E-state index contributed by atoms with van der Waals surface area (Å²) in [6.45, 7) is 3.55. The zero-order valence-corrected chi connectivity index (χ0v) is 14.9. The van der Waals surface area contributed by atoms with Crippen LogP contribution in [-0.4, -0.2) is 44.6 Å². The normalized spacial score (nSPS) is 20.1. The third kappa shape index (κ3) is 4.08. The lowest BCUT2D eigenvalue weighted by Gasteiger charge is -2.21. The Morgan fingerprint density at radius 3 is 2.59 bits per heavy atom. The minimum absolute atomic E-state index is 0.100. The molecule has 1 fully saturated rings. The fraction of sp³-hybridized carbons (Fsp3) is 0.533. The number of amides is 1. The first-order valence-electron chi connectivity index (χ1n) is 7.30. The molecule has 2 N–H and O–H groups in total. The van der Waals surface area contributed by atoms with E-state index in [1.54, 1.807) is 36.1 Å². The number of rotatable bonds is 5. The van der Waals surface area contributed by atoms with Gasteiger partial charge in [-0.25, -0.2) is 8.42 Å². The van der Waals surface area contributed by atoms with E-state index in [-0.39, 0.29) is 16.6 Å². The summed E-state index contributed by atoms with van der Waals surface area (Å²) < 4.78 is 25.6. The van der Waals surface area contributed by atoms with Gasteiger partial charge in [-0.2, -0.15) is 0 Å². The van der Waals surface area contributed by atoms with E-state index in [2.05, 4.69) is 15.9 Å². The van der Waals surface area contributed by atoms with Crippen LogP contribution >= 0.6 is 15.9 Å². The molecule has 1 aliphatic heterocycles. The molecule has 0 bridgehead atoms. The zero-order valence-electron chi connectivity index (χ0n) is 12.5. The first kappa shape index (κ1) is 17.4. The Bertz CT molecular complexity index is 631. The Balaban J connectivity index is 2.03. The van der Waals surface area contributed by atoms with Gasteiger partial charge in [-0.1, -0.05) is 22.9 Å². The first-order chi connectivity index (χ1) is 10.3. The molecule has 0 radical (unpaired) electrons. The highest BCUT2D eigenvalue weighted by Crippen LogP contribution is 2.21. The van der Waals surface area contributed by atoms with E-state index in [9.17, 15) is 13.2 Å². The van der Waals surface area contributed by atoms with Gasteiger partial charge in [0.2, 0.25) is 5.91 Å². The third-order valence-corrected chi connectivity index (χ3v) is 6.45. The van der Waals surface area contributed by atoms with Crippen LogP contribution < -0.4 is 5.73 Å². The summed E-state index contributed by atoms with van der Waals surface area (Å²) in [4.78, 5) is 14.4. The third-order valence-electron chi connectivity index (χ3n) is 3.99. The van der Waals surface area contributed by atoms with Gasteiger partial charge < -0.3 is 10.6 Å². The Morgan fingerprint density at radius 2 is 2.05 bits per heavy atom. The van der Waals surface area contributed by atoms with Gasteiger partial charge in [0.05, 0.1) is 10.6 Å². The highest BCUT2D eigenvalue weighted by atomic mass is 79.9. The average molecular weight is 389 g/mol. The Labute approximate surface area is 139 Å². The van der Waals surface area contributed by atoms with Crippen molar-refractivity contribution in [3.05, 3.63) is 28.7 Å². The second kappa shape index (κ2) is 7.10. The smallest absolute Gasteiger partial charge is 0.226 e. The van der Waals surface area contributed by atoms with Gasteiger partial charge >= 0.3 is 0 Å². The van der Waals surface area contributed by atoms with Gasteiger partial charge in [-0.3, -0.25) is 4.79 Å². The predicted octanol–water partition coefficient (Wildman–Crippen LogP) is 1.67. The average Bonchev–Trinajstić information content (AvgIpc) is 2.95. The fourth-order valence-corrected chi connectivity index (χ4v) is 4.48. The topological polar surface area (TPSA) is 80.5 Å². The SMILES string of the molecule is C[C@@H](CS(=O)(=O)c1ccc(Br)cc1)C(=O)N1CC[C@@H](CN)C1. The number of hydrogen-bond acceptors (Lipinski definition) is 4. The number of nitrogens with two attached hydrogens (primary N) is 1. The molecule has 0 aliphatic carbocycles. The van der Waals surface area contributed by atoms with Gasteiger partial charge in [-0.15, -0.1) is 0 Å². The molecule has 1 aliphatic rings. The molecule has 0 aromatic heterocycles. The number of likely N-dealkylation sites (tertiary alicyclic amines) is 1. The molecule has 1 aromatic rings. The van der Waals surface area contributed by atoms with Gasteiger partial charge in [0.1, 0.15) is 0 Å². The number of carbonyl (C=O) groups is 1. The Morgan fingerprint density at radius 1 is 1.41 bits per heavy atom. The number of sulfone groups is 1. The maximum absolute atomic E-state index is 12.4. The van der Waals surface area contributed by atoms with E-state index < -0.39 is 15.8 Å². The quantitative estimate of drug-likeness (QED) is 0.831. The van der Waals surface area contributed by atoms with Gasteiger partial charge in [0.25, 0.3) is 0 Å². The summed E-state index contributed by atoms with van der Waals surface area (Å²) in [6.07, 6.45) is 0.897. The molecule has 1 saturated heterocycles. The second-order valence-corrected chi connectivity index (χ2v) is 8.76. The van der Waals surface area contributed by atoms with E-state index in [1.165, 1.54) is 0 Å². The lowest BCUT2D eigenvalue weighted by atomic mass is 10.1. The second-order valence-electron chi connectivity index (χ2n) is 5.81. The summed E-state index contributed by atoms with van der Waals surface area (Å²) in [5.74, 6) is -0.488. The molecule has 7 heteroatoms. The lowest BCUT2D eigenvalue weighted by Crippen LogP contribution is -2.36. The molecular formula is C15H21BrN2O3S. The molecule has 122 valence electrons. The summed E-state index contributed by atoms with van der Waals surface area (Å²) >= 11 is 3.28. The van der Waals surface area contributed by atoms with Crippen molar-refractivity contribution in [3.63, 3.8) is 0 Å². The van der Waals surface area contributed by atoms with E-state index >= 15 is 0 Å². The van der Waals surface area contributed by atoms with Crippen molar-refractivity contribution in [2.45, 2.75) is 18.2 Å². The summed E-state index contributed by atoms with van der Waals surface area (Å²) in [5.41, 5.74) is 5.62. The number of hydrogen-bond donors (Lipinski definition) is 1. The van der Waals surface area contributed by atoms with Crippen LogP contribution in [0.15, 0.2) is 33.6 Å². The van der Waals surface area contributed by atoms with Crippen molar-refractivity contribution in [2.24, 2.45) is 17.6 Å². The van der Waals surface area contributed by atoms with Crippen molar-refractivity contribution in [1.82, 2.24) is 4.90 Å². The Kier molecular flexibility index (Phi) is 5.63. The summed E-state index contributed by atoms with van der Waals surface area (Å²) in [7, 11) is -3.46. The molecule has 5 nitrogen and oxygen atoms in total. The molecule has 2 rings (SSSR count). The largest absolute Gasteiger partial charge is 0.342 e. The predicted molar refractivity (Wildman–Crippen MR) is 89.1 cm³/mol. The fourth-order valence-electron chi connectivity index (χ4n) is 2.68. The van der Waals surface area contributed by atoms with Gasteiger partial charge in [-0.05, 0) is 43.1 Å². The highest BCUT2D eigenvalue weighted by Gasteiger charge is 2.31. The van der Waals surface area contributed by atoms with Crippen LogP contribution in [0.4, 0.5) is 0 Å². The lowest BCUT2D eigenvalue weighted by molar-refractivity contribution is -0.133. The van der Waals surface area contributed by atoms with Gasteiger partial charge in [0.15, 0.2) is 9.84 Å². The van der Waals surface area contributed by atoms with Crippen molar-refractivity contribution in [1.29, 1.82) is 0 Å². The van der Waals surface area contributed by atoms with Crippen molar-refractivity contribution < 1.29 is 13.2 Å². The first-order valence-corrected chi connectivity index (χ1v) is 9.75. The molecule has 1 amide bonds. The molecule has 22 heavy (non-hydrogen) atoms. The van der Waals surface area contributed by atoms with Crippen LogP contribution in [-0.2, 0) is 14.6 Å². The Hall–Kier alpha value is -0.920. The van der Waals surface area contributed by atoms with Crippen molar-refractivity contribution in [3.8, 4) is 0 Å². The number of carbonyl (C=O) groups excluding carboxylic acids is 1. The zero-order chi connectivity index (χ0) is 16.3. The van der Waals surface area contributed by atoms with Crippen LogP contribution in [0.5, 0.6) is 0 Å². The summed E-state index contributed by atoms with van der Waals surface area (Å²) in [6, 6.07) is 6.48. The standard InChI is InChI=1S/C15H21BrN2O3S/c1-11(15(19)18-7-6-12(8-17)9-18)10-22(20,21)14-4-2-13(16)3-5-14/h2-5,11-12H,6-10,17H2,1H3/t11-,12-/m0/s1. The monoisotopic (exact) mass is 388 g/mol. The minimum Gasteiger partial charge on any atom is -0.342 e.